The molecule has 2 atom stereocenters. The maximum absolute atomic E-state index is 11.5. The minimum absolute atomic E-state index is 0.0643. The van der Waals surface area contributed by atoms with Gasteiger partial charge in [0.05, 0.1) is 6.61 Å². The van der Waals surface area contributed by atoms with Crippen molar-refractivity contribution in [2.24, 2.45) is 0 Å². The van der Waals surface area contributed by atoms with Gasteiger partial charge in [-0.15, -0.1) is 0 Å². The number of hydrogen-bond acceptors (Lipinski definition) is 3. The Morgan fingerprint density at radius 3 is 3.13 bits per heavy atom. The number of carbonyl (C=O) groups is 1. The number of nitrogens with zero attached hydrogens (tertiary/aromatic N) is 1. The largest absolute Gasteiger partial charge is 0.393 e. The second kappa shape index (κ2) is 4.04. The van der Waals surface area contributed by atoms with Crippen LogP contribution in [0.3, 0.4) is 0 Å². The molecule has 2 N–H and O–H groups in total. The van der Waals surface area contributed by atoms with E-state index in [2.05, 4.69) is 5.32 Å². The van der Waals surface area contributed by atoms with Crippen LogP contribution in [0.1, 0.15) is 6.92 Å². The van der Waals surface area contributed by atoms with Crippen LogP contribution in [-0.2, 0) is 4.74 Å². The molecule has 0 fully saturated rings. The number of aliphatic hydroxyl groups excluding tert-OH is 1. The molecule has 0 aromatic heterocycles. The highest BCUT2D eigenvalue weighted by Gasteiger charge is 2.28. The fourth-order valence-corrected chi connectivity index (χ4v) is 1.59. The second-order valence-electron chi connectivity index (χ2n) is 3.67. The summed E-state index contributed by atoms with van der Waals surface area (Å²) in [5.74, 6) is 0. The summed E-state index contributed by atoms with van der Waals surface area (Å²) in [6.45, 7) is 2.45. The summed E-state index contributed by atoms with van der Waals surface area (Å²) in [4.78, 5) is 13.0. The van der Waals surface area contributed by atoms with Crippen LogP contribution in [0.25, 0.3) is 0 Å². The summed E-state index contributed by atoms with van der Waals surface area (Å²) >= 11 is 0. The molecular weight excluding hydrogens is 196 g/mol. The number of hydrogen-bond donors (Lipinski definition) is 2. The van der Waals surface area contributed by atoms with Crippen molar-refractivity contribution in [2.45, 2.75) is 19.3 Å². The fraction of sp³-hybridized carbons (Fsp3) is 0.500. The molecule has 0 radical (unpaired) electrons. The Kier molecular flexibility index (Phi) is 2.75. The highest BCUT2D eigenvalue weighted by molar-refractivity contribution is 5.77. The minimum atomic E-state index is -0.405. The molecule has 2 unspecified atom stereocenters. The van der Waals surface area contributed by atoms with E-state index in [1.807, 2.05) is 6.92 Å². The maximum Gasteiger partial charge on any atom is 0.324 e. The van der Waals surface area contributed by atoms with E-state index in [4.69, 9.17) is 9.84 Å². The first-order chi connectivity index (χ1) is 7.20. The molecule has 2 rings (SSSR count). The molecule has 0 bridgehead atoms. The average Bonchev–Trinajstić information content (AvgIpc) is 2.70. The predicted molar refractivity (Wildman–Crippen MR) is 53.9 cm³/mol. The third-order valence-corrected chi connectivity index (χ3v) is 2.37. The van der Waals surface area contributed by atoms with E-state index >= 15 is 0 Å². The van der Waals surface area contributed by atoms with Crippen molar-refractivity contribution in [1.29, 1.82) is 0 Å². The number of aliphatic hydroxyl groups is 1. The van der Waals surface area contributed by atoms with Gasteiger partial charge >= 0.3 is 6.03 Å². The number of carbonyl (C=O) groups excluding carboxylic acids is 1. The molecule has 0 saturated carbocycles. The molecule has 82 valence electrons. The average molecular weight is 210 g/mol. The van der Waals surface area contributed by atoms with Gasteiger partial charge in [-0.3, -0.25) is 4.90 Å². The summed E-state index contributed by atoms with van der Waals surface area (Å²) < 4.78 is 5.43. The highest BCUT2D eigenvalue weighted by atomic mass is 16.5. The first kappa shape index (κ1) is 10.2. The van der Waals surface area contributed by atoms with Gasteiger partial charge in [0.25, 0.3) is 0 Å². The first-order valence-electron chi connectivity index (χ1n) is 4.89. The van der Waals surface area contributed by atoms with Crippen molar-refractivity contribution >= 4 is 6.03 Å². The minimum Gasteiger partial charge on any atom is -0.393 e. The summed E-state index contributed by atoms with van der Waals surface area (Å²) in [5, 5.41) is 11.6. The van der Waals surface area contributed by atoms with Crippen molar-refractivity contribution in [3.63, 3.8) is 0 Å². The summed E-state index contributed by atoms with van der Waals surface area (Å²) in [7, 11) is 0. The van der Waals surface area contributed by atoms with Gasteiger partial charge in [0.1, 0.15) is 6.10 Å². The molecule has 0 saturated heterocycles. The number of ether oxygens (including phenoxy) is 1. The summed E-state index contributed by atoms with van der Waals surface area (Å²) in [6.07, 6.45) is 4.59. The van der Waals surface area contributed by atoms with Gasteiger partial charge < -0.3 is 15.2 Å². The Balaban J connectivity index is 2.08. The lowest BCUT2D eigenvalue weighted by atomic mass is 10.3. The Labute approximate surface area is 88.0 Å². The molecule has 2 aliphatic heterocycles. The Bertz CT molecular complexity index is 325. The highest BCUT2D eigenvalue weighted by Crippen LogP contribution is 2.18. The van der Waals surface area contributed by atoms with Gasteiger partial charge in [0, 0.05) is 12.7 Å². The van der Waals surface area contributed by atoms with Gasteiger partial charge in [-0.25, -0.2) is 4.79 Å². The molecule has 2 amide bonds. The quantitative estimate of drug-likeness (QED) is 0.639. The number of urea groups is 1. The van der Waals surface area contributed by atoms with E-state index in [1.54, 1.807) is 18.4 Å². The molecule has 0 aromatic carbocycles. The number of rotatable bonds is 2. The van der Waals surface area contributed by atoms with Crippen molar-refractivity contribution in [3.05, 3.63) is 23.9 Å². The van der Waals surface area contributed by atoms with Crippen LogP contribution < -0.4 is 5.32 Å². The van der Waals surface area contributed by atoms with Gasteiger partial charge in [0.2, 0.25) is 0 Å². The van der Waals surface area contributed by atoms with E-state index in [-0.39, 0.29) is 18.7 Å². The molecule has 15 heavy (non-hydrogen) atoms. The van der Waals surface area contributed by atoms with E-state index in [0.717, 1.165) is 5.57 Å². The van der Waals surface area contributed by atoms with Crippen LogP contribution in [0.5, 0.6) is 0 Å². The summed E-state index contributed by atoms with van der Waals surface area (Å²) in [5.41, 5.74) is 1.07. The van der Waals surface area contributed by atoms with Crippen LogP contribution in [0.4, 0.5) is 4.79 Å². The van der Waals surface area contributed by atoms with Crippen LogP contribution >= 0.6 is 0 Å². The Hall–Kier alpha value is -1.33. The molecule has 5 heteroatoms. The zero-order chi connectivity index (χ0) is 10.8. The van der Waals surface area contributed by atoms with Crippen molar-refractivity contribution in [1.82, 2.24) is 10.2 Å². The Morgan fingerprint density at radius 1 is 1.67 bits per heavy atom. The van der Waals surface area contributed by atoms with E-state index < -0.39 is 6.23 Å². The molecular formula is C10H14N2O3. The van der Waals surface area contributed by atoms with Crippen molar-refractivity contribution in [3.8, 4) is 0 Å². The number of nitrogens with one attached hydrogen (secondary N) is 1. The Morgan fingerprint density at radius 2 is 2.47 bits per heavy atom. The lowest BCUT2D eigenvalue weighted by molar-refractivity contribution is -0.0236. The fourth-order valence-electron chi connectivity index (χ4n) is 1.59. The third kappa shape index (κ3) is 2.03. The molecule has 0 aliphatic carbocycles. The van der Waals surface area contributed by atoms with Gasteiger partial charge in [-0.1, -0.05) is 6.08 Å². The lowest BCUT2D eigenvalue weighted by Gasteiger charge is -2.29. The van der Waals surface area contributed by atoms with Crippen LogP contribution in [0, 0.1) is 0 Å². The van der Waals surface area contributed by atoms with Crippen molar-refractivity contribution < 1.29 is 14.6 Å². The smallest absolute Gasteiger partial charge is 0.324 e. The molecule has 0 aromatic rings. The first-order valence-corrected chi connectivity index (χ1v) is 4.89. The third-order valence-electron chi connectivity index (χ3n) is 2.37. The standard InChI is InChI=1S/C10H14N2O3/c1-7-4-11-10(14)12(5-7)9-3-2-8(6-13)15-9/h2-3,5,8-9,13H,4,6H2,1H3,(H,11,14). The monoisotopic (exact) mass is 210 g/mol. The lowest BCUT2D eigenvalue weighted by Crippen LogP contribution is -2.46. The molecule has 0 spiro atoms. The van der Waals surface area contributed by atoms with Gasteiger partial charge in [-0.2, -0.15) is 0 Å². The van der Waals surface area contributed by atoms with E-state index in [1.165, 1.54) is 4.90 Å². The van der Waals surface area contributed by atoms with Gasteiger partial charge in [-0.05, 0) is 18.6 Å². The maximum atomic E-state index is 11.5. The summed E-state index contributed by atoms with van der Waals surface area (Å²) in [6, 6.07) is -0.172. The van der Waals surface area contributed by atoms with Gasteiger partial charge in [0.15, 0.2) is 6.23 Å². The molecule has 2 heterocycles. The second-order valence-corrected chi connectivity index (χ2v) is 3.67. The van der Waals surface area contributed by atoms with Crippen molar-refractivity contribution in [2.75, 3.05) is 13.2 Å². The van der Waals surface area contributed by atoms with E-state index in [0.29, 0.717) is 6.54 Å². The zero-order valence-electron chi connectivity index (χ0n) is 8.51. The SMILES string of the molecule is CC1=CN(C2C=CC(CO)O2)C(=O)NC1. The van der Waals surface area contributed by atoms with Crippen LogP contribution in [0.2, 0.25) is 0 Å². The predicted octanol–water partition coefficient (Wildman–Crippen LogP) is 0.189. The number of amides is 2. The van der Waals surface area contributed by atoms with E-state index in [9.17, 15) is 4.79 Å². The topological polar surface area (TPSA) is 61.8 Å². The zero-order valence-corrected chi connectivity index (χ0v) is 8.51. The normalized spacial score (nSPS) is 30.4. The van der Waals surface area contributed by atoms with Crippen LogP contribution in [0.15, 0.2) is 23.9 Å². The van der Waals surface area contributed by atoms with Crippen LogP contribution in [-0.4, -0.2) is 41.5 Å². The molecule has 2 aliphatic rings. The molecule has 5 nitrogen and oxygen atoms in total.